The largest absolute Gasteiger partial charge is 0.340 e. The number of imidazole rings is 1. The SMILES string of the molecule is Cc1ncc(-c2ccncc2)c(C2CCCN(C(=O)Cn3cnc4ccccc43)C2)n1. The summed E-state index contributed by atoms with van der Waals surface area (Å²) in [4.78, 5) is 32.9. The Hall–Kier alpha value is -3.61. The van der Waals surface area contributed by atoms with Crippen LogP contribution in [0.4, 0.5) is 0 Å². The van der Waals surface area contributed by atoms with Gasteiger partial charge in [-0.15, -0.1) is 0 Å². The van der Waals surface area contributed by atoms with Crippen LogP contribution in [-0.2, 0) is 11.3 Å². The van der Waals surface area contributed by atoms with Gasteiger partial charge in [0.15, 0.2) is 0 Å². The summed E-state index contributed by atoms with van der Waals surface area (Å²) >= 11 is 0. The highest BCUT2D eigenvalue weighted by molar-refractivity contribution is 5.80. The molecule has 0 radical (unpaired) electrons. The minimum atomic E-state index is 0.115. The van der Waals surface area contributed by atoms with E-state index in [-0.39, 0.29) is 11.8 Å². The monoisotopic (exact) mass is 412 g/mol. The van der Waals surface area contributed by atoms with Crippen molar-refractivity contribution in [2.24, 2.45) is 0 Å². The molecule has 5 rings (SSSR count). The Morgan fingerprint density at radius 1 is 1.13 bits per heavy atom. The number of carbonyl (C=O) groups is 1. The van der Waals surface area contributed by atoms with Crippen LogP contribution in [0.15, 0.2) is 61.3 Å². The van der Waals surface area contributed by atoms with Crippen molar-refractivity contribution in [3.05, 3.63) is 72.8 Å². The molecule has 7 nitrogen and oxygen atoms in total. The lowest BCUT2D eigenvalue weighted by Gasteiger charge is -2.33. The van der Waals surface area contributed by atoms with Crippen molar-refractivity contribution in [2.45, 2.75) is 32.2 Å². The van der Waals surface area contributed by atoms with Crippen LogP contribution in [0.1, 0.15) is 30.3 Å². The first-order valence-electron chi connectivity index (χ1n) is 10.6. The van der Waals surface area contributed by atoms with E-state index < -0.39 is 0 Å². The number of hydrogen-bond donors (Lipinski definition) is 0. The lowest BCUT2D eigenvalue weighted by molar-refractivity contribution is -0.133. The molecule has 156 valence electrons. The molecule has 7 heteroatoms. The van der Waals surface area contributed by atoms with Crippen molar-refractivity contribution in [2.75, 3.05) is 13.1 Å². The molecule has 0 spiro atoms. The number of fused-ring (bicyclic) bond motifs is 1. The van der Waals surface area contributed by atoms with Gasteiger partial charge in [0.2, 0.25) is 5.91 Å². The van der Waals surface area contributed by atoms with Crippen molar-refractivity contribution < 1.29 is 4.79 Å². The number of hydrogen-bond acceptors (Lipinski definition) is 5. The molecule has 0 aliphatic carbocycles. The maximum Gasteiger partial charge on any atom is 0.242 e. The van der Waals surface area contributed by atoms with Gasteiger partial charge in [-0.3, -0.25) is 9.78 Å². The van der Waals surface area contributed by atoms with Gasteiger partial charge in [0, 0.05) is 43.2 Å². The number of aromatic nitrogens is 5. The molecule has 0 N–H and O–H groups in total. The minimum Gasteiger partial charge on any atom is -0.340 e. The third kappa shape index (κ3) is 3.91. The van der Waals surface area contributed by atoms with Crippen LogP contribution in [0, 0.1) is 6.92 Å². The highest BCUT2D eigenvalue weighted by Gasteiger charge is 2.28. The molecule has 1 aliphatic heterocycles. The average Bonchev–Trinajstić information content (AvgIpc) is 3.22. The summed E-state index contributed by atoms with van der Waals surface area (Å²) in [5.74, 6) is 1.05. The zero-order chi connectivity index (χ0) is 21.2. The van der Waals surface area contributed by atoms with Gasteiger partial charge in [-0.25, -0.2) is 15.0 Å². The fourth-order valence-electron chi connectivity index (χ4n) is 4.36. The maximum atomic E-state index is 13.1. The zero-order valence-corrected chi connectivity index (χ0v) is 17.5. The molecule has 3 aromatic heterocycles. The fraction of sp³-hybridized carbons (Fsp3) is 0.292. The van der Waals surface area contributed by atoms with Gasteiger partial charge in [0.05, 0.1) is 23.1 Å². The summed E-state index contributed by atoms with van der Waals surface area (Å²) in [5, 5.41) is 0. The van der Waals surface area contributed by atoms with E-state index in [0.717, 1.165) is 53.1 Å². The Labute approximate surface area is 180 Å². The van der Waals surface area contributed by atoms with E-state index in [1.807, 2.05) is 59.0 Å². The highest BCUT2D eigenvalue weighted by atomic mass is 16.2. The molecule has 31 heavy (non-hydrogen) atoms. The Morgan fingerprint density at radius 2 is 1.97 bits per heavy atom. The second kappa shape index (κ2) is 8.26. The normalized spacial score (nSPS) is 16.5. The van der Waals surface area contributed by atoms with Gasteiger partial charge < -0.3 is 9.47 Å². The molecule has 1 fully saturated rings. The van der Waals surface area contributed by atoms with Gasteiger partial charge in [-0.2, -0.15) is 0 Å². The molecule has 1 unspecified atom stereocenters. The van der Waals surface area contributed by atoms with Gasteiger partial charge in [0.1, 0.15) is 12.4 Å². The molecule has 4 heterocycles. The molecule has 0 saturated carbocycles. The van der Waals surface area contributed by atoms with Gasteiger partial charge in [0.25, 0.3) is 0 Å². The number of para-hydroxylation sites is 2. The Bertz CT molecular complexity index is 1220. The third-order valence-corrected chi connectivity index (χ3v) is 5.92. The first-order chi connectivity index (χ1) is 15.2. The van der Waals surface area contributed by atoms with Crippen molar-refractivity contribution >= 4 is 16.9 Å². The molecule has 1 aromatic carbocycles. The predicted molar refractivity (Wildman–Crippen MR) is 118 cm³/mol. The predicted octanol–water partition coefficient (Wildman–Crippen LogP) is 3.60. The number of likely N-dealkylation sites (tertiary alicyclic amines) is 1. The number of carbonyl (C=O) groups excluding carboxylic acids is 1. The number of aryl methyl sites for hydroxylation is 1. The highest BCUT2D eigenvalue weighted by Crippen LogP contribution is 2.33. The molecule has 4 aromatic rings. The number of nitrogens with zero attached hydrogens (tertiary/aromatic N) is 6. The molecule has 0 bridgehead atoms. The lowest BCUT2D eigenvalue weighted by atomic mass is 9.90. The maximum absolute atomic E-state index is 13.1. The molecular formula is C24H24N6O. The van der Waals surface area contributed by atoms with E-state index in [1.165, 1.54) is 0 Å². The Morgan fingerprint density at radius 3 is 2.84 bits per heavy atom. The summed E-state index contributed by atoms with van der Waals surface area (Å²) in [6.45, 7) is 3.65. The number of piperidine rings is 1. The number of rotatable bonds is 4. The van der Waals surface area contributed by atoms with Crippen LogP contribution in [0.3, 0.4) is 0 Å². The van der Waals surface area contributed by atoms with Crippen LogP contribution < -0.4 is 0 Å². The first-order valence-corrected chi connectivity index (χ1v) is 10.6. The second-order valence-electron chi connectivity index (χ2n) is 7.99. The van der Waals surface area contributed by atoms with Gasteiger partial charge >= 0.3 is 0 Å². The van der Waals surface area contributed by atoms with E-state index in [1.54, 1.807) is 18.7 Å². The first kappa shape index (κ1) is 19.4. The van der Waals surface area contributed by atoms with Crippen LogP contribution in [-0.4, -0.2) is 48.4 Å². The summed E-state index contributed by atoms with van der Waals surface area (Å²) < 4.78 is 1.93. The van der Waals surface area contributed by atoms with Gasteiger partial charge in [-0.1, -0.05) is 12.1 Å². The zero-order valence-electron chi connectivity index (χ0n) is 17.5. The van der Waals surface area contributed by atoms with Crippen molar-refractivity contribution in [1.82, 2.24) is 29.4 Å². The standard InChI is InChI=1S/C24H24N6O/c1-17-26-13-20(18-8-10-25-11-9-18)24(28-17)19-5-4-12-29(14-19)23(31)15-30-16-27-21-6-2-3-7-22(21)30/h2-3,6-11,13,16,19H,4-5,12,14-15H2,1H3. The molecule has 1 amide bonds. The number of pyridine rings is 1. The van der Waals surface area contributed by atoms with Gasteiger partial charge in [-0.05, 0) is 49.6 Å². The quantitative estimate of drug-likeness (QED) is 0.512. The minimum absolute atomic E-state index is 0.115. The Kier molecular flexibility index (Phi) is 5.16. The van der Waals surface area contributed by atoms with Crippen LogP contribution in [0.2, 0.25) is 0 Å². The van der Waals surface area contributed by atoms with Crippen molar-refractivity contribution in [1.29, 1.82) is 0 Å². The molecule has 1 saturated heterocycles. The number of amides is 1. The van der Waals surface area contributed by atoms with E-state index in [4.69, 9.17) is 4.98 Å². The number of benzene rings is 1. The average molecular weight is 412 g/mol. The third-order valence-electron chi connectivity index (χ3n) is 5.92. The molecular weight excluding hydrogens is 388 g/mol. The van der Waals surface area contributed by atoms with E-state index in [9.17, 15) is 4.79 Å². The van der Waals surface area contributed by atoms with Crippen LogP contribution >= 0.6 is 0 Å². The summed E-state index contributed by atoms with van der Waals surface area (Å²) in [6, 6.07) is 11.9. The van der Waals surface area contributed by atoms with Crippen molar-refractivity contribution in [3.8, 4) is 11.1 Å². The summed E-state index contributed by atoms with van der Waals surface area (Å²) in [5.41, 5.74) is 4.98. The van der Waals surface area contributed by atoms with Crippen LogP contribution in [0.5, 0.6) is 0 Å². The van der Waals surface area contributed by atoms with Crippen LogP contribution in [0.25, 0.3) is 22.2 Å². The van der Waals surface area contributed by atoms with E-state index in [0.29, 0.717) is 13.1 Å². The molecule has 1 atom stereocenters. The van der Waals surface area contributed by atoms with E-state index in [2.05, 4.69) is 15.0 Å². The summed E-state index contributed by atoms with van der Waals surface area (Å²) in [6.07, 6.45) is 9.17. The fourth-order valence-corrected chi connectivity index (χ4v) is 4.36. The second-order valence-corrected chi connectivity index (χ2v) is 7.99. The van der Waals surface area contributed by atoms with Crippen molar-refractivity contribution in [3.63, 3.8) is 0 Å². The Balaban J connectivity index is 1.38. The topological polar surface area (TPSA) is 76.8 Å². The summed E-state index contributed by atoms with van der Waals surface area (Å²) in [7, 11) is 0. The smallest absolute Gasteiger partial charge is 0.242 e. The van der Waals surface area contributed by atoms with E-state index >= 15 is 0 Å². The molecule has 1 aliphatic rings. The lowest BCUT2D eigenvalue weighted by Crippen LogP contribution is -2.41.